The van der Waals surface area contributed by atoms with Crippen LogP contribution < -0.4 is 0 Å². The van der Waals surface area contributed by atoms with Crippen LogP contribution in [0.5, 0.6) is 0 Å². The maximum atomic E-state index is 13.6. The molecule has 7 nitrogen and oxygen atoms in total. The predicted molar refractivity (Wildman–Crippen MR) is 149 cm³/mol. The number of benzene rings is 1. The van der Waals surface area contributed by atoms with Crippen molar-refractivity contribution in [3.05, 3.63) is 33.8 Å². The van der Waals surface area contributed by atoms with Crippen LogP contribution in [-0.2, 0) is 14.3 Å². The first kappa shape index (κ1) is 29.0. The van der Waals surface area contributed by atoms with Crippen molar-refractivity contribution in [2.45, 2.75) is 71.8 Å². The van der Waals surface area contributed by atoms with Gasteiger partial charge in [0.2, 0.25) is 11.8 Å². The van der Waals surface area contributed by atoms with Gasteiger partial charge in [0.1, 0.15) is 0 Å². The number of nitrogens with zero attached hydrogens (tertiary/aromatic N) is 3. The number of likely N-dealkylation sites (N-methyl/N-ethyl adjacent to an activating group) is 1. The summed E-state index contributed by atoms with van der Waals surface area (Å²) in [6.45, 7) is 10.9. The Hall–Kier alpha value is -1.99. The van der Waals surface area contributed by atoms with Crippen molar-refractivity contribution < 1.29 is 19.1 Å². The van der Waals surface area contributed by atoms with Gasteiger partial charge in [0.15, 0.2) is 0 Å². The molecule has 3 aliphatic rings. The van der Waals surface area contributed by atoms with Crippen molar-refractivity contribution in [2.75, 3.05) is 39.8 Å². The van der Waals surface area contributed by atoms with Gasteiger partial charge in [0.25, 0.3) is 0 Å². The summed E-state index contributed by atoms with van der Waals surface area (Å²) in [5.41, 5.74) is 0.819. The third kappa shape index (κ3) is 6.59. The minimum atomic E-state index is -0.390. The highest BCUT2D eigenvalue weighted by molar-refractivity contribution is 6.42. The molecule has 3 fully saturated rings. The van der Waals surface area contributed by atoms with E-state index < -0.39 is 0 Å². The van der Waals surface area contributed by atoms with Gasteiger partial charge in [-0.3, -0.25) is 9.59 Å². The van der Waals surface area contributed by atoms with Crippen molar-refractivity contribution in [1.82, 2.24) is 14.7 Å². The van der Waals surface area contributed by atoms with Gasteiger partial charge in [0.05, 0.1) is 22.7 Å². The standard InChI is InChI=1S/C29H41Cl2N3O4/c1-28(2,3)12-15-38-27(37)32(5)24-18-34(17-21(24)20-6-7-22(30)23(31)16-20)25(35)19-8-13-33(14-9-19)26(36)29(4)10-11-29/h6-7,16,19,21,24H,8-15,17-18H2,1-5H3. The average molecular weight is 567 g/mol. The molecule has 4 rings (SSSR count). The highest BCUT2D eigenvalue weighted by Crippen LogP contribution is 2.47. The van der Waals surface area contributed by atoms with Gasteiger partial charge in [-0.1, -0.05) is 57.0 Å². The number of amides is 3. The zero-order valence-electron chi connectivity index (χ0n) is 23.3. The zero-order valence-corrected chi connectivity index (χ0v) is 24.8. The molecule has 1 aliphatic carbocycles. The third-order valence-electron chi connectivity index (χ3n) is 8.48. The number of carbonyl (C=O) groups is 3. The van der Waals surface area contributed by atoms with E-state index in [4.69, 9.17) is 27.9 Å². The third-order valence-corrected chi connectivity index (χ3v) is 9.22. The molecule has 38 heavy (non-hydrogen) atoms. The van der Waals surface area contributed by atoms with E-state index in [0.717, 1.165) is 24.8 Å². The Morgan fingerprint density at radius 1 is 1.05 bits per heavy atom. The van der Waals surface area contributed by atoms with Crippen LogP contribution >= 0.6 is 23.2 Å². The lowest BCUT2D eigenvalue weighted by Crippen LogP contribution is -2.46. The van der Waals surface area contributed by atoms with Crippen molar-refractivity contribution in [2.24, 2.45) is 16.7 Å². The number of piperidine rings is 1. The minimum Gasteiger partial charge on any atom is -0.449 e. The first-order valence-corrected chi connectivity index (χ1v) is 14.5. The summed E-state index contributed by atoms with van der Waals surface area (Å²) in [5.74, 6) is 0.0846. The van der Waals surface area contributed by atoms with E-state index >= 15 is 0 Å². The highest BCUT2D eigenvalue weighted by atomic mass is 35.5. The van der Waals surface area contributed by atoms with Crippen LogP contribution in [0.4, 0.5) is 4.79 Å². The first-order chi connectivity index (χ1) is 17.8. The molecule has 3 amide bonds. The summed E-state index contributed by atoms with van der Waals surface area (Å²) in [6, 6.07) is 5.25. The lowest BCUT2D eigenvalue weighted by atomic mass is 9.93. The largest absolute Gasteiger partial charge is 0.449 e. The summed E-state index contributed by atoms with van der Waals surface area (Å²) in [6.07, 6.45) is 3.63. The summed E-state index contributed by atoms with van der Waals surface area (Å²) in [4.78, 5) is 44.8. The van der Waals surface area contributed by atoms with Crippen LogP contribution in [0.3, 0.4) is 0 Å². The number of likely N-dealkylation sites (tertiary alicyclic amines) is 2. The molecule has 1 aromatic carbocycles. The summed E-state index contributed by atoms with van der Waals surface area (Å²) < 4.78 is 5.60. The van der Waals surface area contributed by atoms with Crippen molar-refractivity contribution in [3.8, 4) is 0 Å². The molecule has 0 radical (unpaired) electrons. The molecule has 0 aromatic heterocycles. The van der Waals surface area contributed by atoms with E-state index in [1.165, 1.54) is 0 Å². The van der Waals surface area contributed by atoms with Crippen LogP contribution in [0.1, 0.15) is 71.3 Å². The number of rotatable bonds is 6. The topological polar surface area (TPSA) is 70.2 Å². The maximum absolute atomic E-state index is 13.6. The molecule has 0 spiro atoms. The van der Waals surface area contributed by atoms with Crippen molar-refractivity contribution >= 4 is 41.1 Å². The monoisotopic (exact) mass is 565 g/mol. The van der Waals surface area contributed by atoms with E-state index in [1.807, 2.05) is 28.9 Å². The number of hydrogen-bond donors (Lipinski definition) is 0. The Balaban J connectivity index is 1.44. The van der Waals surface area contributed by atoms with Gasteiger partial charge < -0.3 is 19.4 Å². The van der Waals surface area contributed by atoms with Gasteiger partial charge in [0, 0.05) is 50.5 Å². The van der Waals surface area contributed by atoms with Crippen LogP contribution in [0.15, 0.2) is 18.2 Å². The Morgan fingerprint density at radius 3 is 2.29 bits per heavy atom. The molecule has 2 atom stereocenters. The fourth-order valence-electron chi connectivity index (χ4n) is 5.48. The molecule has 9 heteroatoms. The average Bonchev–Trinajstić information content (AvgIpc) is 3.47. The lowest BCUT2D eigenvalue weighted by Gasteiger charge is -2.34. The number of carbonyl (C=O) groups excluding carboxylic acids is 3. The van der Waals surface area contributed by atoms with Gasteiger partial charge in [-0.25, -0.2) is 4.79 Å². The summed E-state index contributed by atoms with van der Waals surface area (Å²) in [7, 11) is 1.74. The summed E-state index contributed by atoms with van der Waals surface area (Å²) in [5, 5.41) is 0.915. The quantitative estimate of drug-likeness (QED) is 0.435. The zero-order chi connectivity index (χ0) is 27.8. The van der Waals surface area contributed by atoms with E-state index in [0.29, 0.717) is 55.7 Å². The second-order valence-electron chi connectivity index (χ2n) is 12.8. The summed E-state index contributed by atoms with van der Waals surface area (Å²) >= 11 is 12.5. The minimum absolute atomic E-state index is 0.0641. The molecular formula is C29H41Cl2N3O4. The molecule has 1 aromatic rings. The highest BCUT2D eigenvalue weighted by Gasteiger charge is 2.48. The molecule has 2 aliphatic heterocycles. The van der Waals surface area contributed by atoms with E-state index in [2.05, 4.69) is 20.8 Å². The fraction of sp³-hybridized carbons (Fsp3) is 0.690. The first-order valence-electron chi connectivity index (χ1n) is 13.7. The molecule has 2 heterocycles. The Kier molecular flexibility index (Phi) is 8.58. The molecule has 210 valence electrons. The molecule has 1 saturated carbocycles. The Bertz CT molecular complexity index is 1060. The van der Waals surface area contributed by atoms with Gasteiger partial charge >= 0.3 is 6.09 Å². The second kappa shape index (κ2) is 11.2. The van der Waals surface area contributed by atoms with Crippen LogP contribution in [0.25, 0.3) is 0 Å². The smallest absolute Gasteiger partial charge is 0.409 e. The van der Waals surface area contributed by atoms with E-state index in [-0.39, 0.29) is 46.6 Å². The predicted octanol–water partition coefficient (Wildman–Crippen LogP) is 5.83. The Labute approximate surface area is 236 Å². The van der Waals surface area contributed by atoms with Gasteiger partial charge in [-0.2, -0.15) is 0 Å². The number of ether oxygens (including phenoxy) is 1. The lowest BCUT2D eigenvalue weighted by molar-refractivity contribution is -0.142. The van der Waals surface area contributed by atoms with E-state index in [1.54, 1.807) is 18.0 Å². The fourth-order valence-corrected chi connectivity index (χ4v) is 5.79. The van der Waals surface area contributed by atoms with Gasteiger partial charge in [-0.15, -0.1) is 0 Å². The maximum Gasteiger partial charge on any atom is 0.409 e. The van der Waals surface area contributed by atoms with Crippen LogP contribution in [0.2, 0.25) is 10.0 Å². The number of halogens is 2. The van der Waals surface area contributed by atoms with Crippen LogP contribution in [0, 0.1) is 16.7 Å². The van der Waals surface area contributed by atoms with Gasteiger partial charge in [-0.05, 0) is 55.2 Å². The van der Waals surface area contributed by atoms with Crippen LogP contribution in [-0.4, -0.2) is 78.5 Å². The SMILES string of the molecule is CN(C(=O)OCCC(C)(C)C)C1CN(C(=O)C2CCN(C(=O)C3(C)CC3)CC2)CC1c1ccc(Cl)c(Cl)c1. The molecule has 0 N–H and O–H groups in total. The second-order valence-corrected chi connectivity index (χ2v) is 13.6. The normalized spacial score (nSPS) is 23.3. The molecule has 0 bridgehead atoms. The molecular weight excluding hydrogens is 525 g/mol. The Morgan fingerprint density at radius 2 is 1.71 bits per heavy atom. The van der Waals surface area contributed by atoms with Crippen molar-refractivity contribution in [3.63, 3.8) is 0 Å². The molecule has 2 saturated heterocycles. The number of hydrogen-bond acceptors (Lipinski definition) is 4. The molecule has 2 unspecified atom stereocenters. The van der Waals surface area contributed by atoms with E-state index in [9.17, 15) is 14.4 Å². The van der Waals surface area contributed by atoms with Crippen molar-refractivity contribution in [1.29, 1.82) is 0 Å².